The highest BCUT2D eigenvalue weighted by Gasteiger charge is 2.00. The zero-order chi connectivity index (χ0) is 8.97. The van der Waals surface area contributed by atoms with Crippen molar-refractivity contribution in [2.45, 2.75) is 13.2 Å². The van der Waals surface area contributed by atoms with E-state index in [1.807, 2.05) is 0 Å². The predicted octanol–water partition coefficient (Wildman–Crippen LogP) is 2.00. The molecule has 0 saturated heterocycles. The van der Waals surface area contributed by atoms with Gasteiger partial charge in [-0.1, -0.05) is 0 Å². The molecular weight excluding hydrogens is 159 g/mol. The summed E-state index contributed by atoms with van der Waals surface area (Å²) in [5.74, 6) is 0.151. The van der Waals surface area contributed by atoms with Crippen molar-refractivity contribution < 1.29 is 13.9 Å². The molecule has 0 saturated carbocycles. The molecule has 0 aromatic heterocycles. The molecule has 1 unspecified atom stereocenters. The standard InChI is InChI=1S/C9H10FO2/c1-7(11-2)12-9-5-3-8(10)4-6-9/h3-5,7H,1-2H3. The van der Waals surface area contributed by atoms with Gasteiger partial charge < -0.3 is 9.47 Å². The van der Waals surface area contributed by atoms with Crippen LogP contribution < -0.4 is 4.74 Å². The molecule has 0 spiro atoms. The van der Waals surface area contributed by atoms with Gasteiger partial charge in [-0.25, -0.2) is 4.39 Å². The van der Waals surface area contributed by atoms with Crippen LogP contribution in [0, 0.1) is 11.9 Å². The third-order valence-corrected chi connectivity index (χ3v) is 1.37. The van der Waals surface area contributed by atoms with Crippen LogP contribution >= 0.6 is 0 Å². The molecule has 0 bridgehead atoms. The van der Waals surface area contributed by atoms with Crippen molar-refractivity contribution in [3.63, 3.8) is 0 Å². The number of rotatable bonds is 3. The first-order valence-electron chi connectivity index (χ1n) is 3.59. The zero-order valence-electron chi connectivity index (χ0n) is 7.00. The maximum atomic E-state index is 12.4. The van der Waals surface area contributed by atoms with Crippen molar-refractivity contribution in [2.24, 2.45) is 0 Å². The van der Waals surface area contributed by atoms with Crippen LogP contribution in [0.5, 0.6) is 5.75 Å². The maximum absolute atomic E-state index is 12.4. The third-order valence-electron chi connectivity index (χ3n) is 1.37. The molecule has 1 atom stereocenters. The highest BCUT2D eigenvalue weighted by Crippen LogP contribution is 2.11. The number of methoxy groups -OCH3 is 1. The minimum absolute atomic E-state index is 0.326. The molecule has 0 aliphatic carbocycles. The van der Waals surface area contributed by atoms with E-state index in [0.29, 0.717) is 5.75 Å². The summed E-state index contributed by atoms with van der Waals surface area (Å²) < 4.78 is 22.4. The first-order chi connectivity index (χ1) is 5.72. The van der Waals surface area contributed by atoms with Crippen molar-refractivity contribution in [3.8, 4) is 5.75 Å². The molecule has 12 heavy (non-hydrogen) atoms. The summed E-state index contributed by atoms with van der Waals surface area (Å²) in [5.41, 5.74) is 0. The molecule has 0 fully saturated rings. The van der Waals surface area contributed by atoms with Crippen LogP contribution in [0.2, 0.25) is 0 Å². The molecule has 1 aromatic carbocycles. The first kappa shape index (κ1) is 9.00. The molecule has 0 heterocycles. The summed E-state index contributed by atoms with van der Waals surface area (Å²) in [5, 5.41) is 0. The van der Waals surface area contributed by atoms with Crippen LogP contribution in [0.3, 0.4) is 0 Å². The van der Waals surface area contributed by atoms with E-state index in [9.17, 15) is 4.39 Å². The van der Waals surface area contributed by atoms with Gasteiger partial charge in [-0.05, 0) is 25.1 Å². The van der Waals surface area contributed by atoms with Gasteiger partial charge >= 0.3 is 0 Å². The van der Waals surface area contributed by atoms with E-state index in [-0.39, 0.29) is 12.1 Å². The molecule has 1 rings (SSSR count). The second-order valence-corrected chi connectivity index (χ2v) is 2.29. The fraction of sp³-hybridized carbons (Fsp3) is 0.333. The van der Waals surface area contributed by atoms with Crippen LogP contribution in [0.4, 0.5) is 4.39 Å². The Kier molecular flexibility index (Phi) is 3.05. The molecule has 0 amide bonds. The van der Waals surface area contributed by atoms with Gasteiger partial charge in [0.25, 0.3) is 0 Å². The average Bonchev–Trinajstić information content (AvgIpc) is 2.09. The normalized spacial score (nSPS) is 12.6. The maximum Gasteiger partial charge on any atom is 0.196 e. The molecular formula is C9H10FO2. The van der Waals surface area contributed by atoms with Crippen LogP contribution in [-0.2, 0) is 4.74 Å². The quantitative estimate of drug-likeness (QED) is 0.644. The van der Waals surface area contributed by atoms with E-state index in [1.54, 1.807) is 6.92 Å². The Hall–Kier alpha value is -1.09. The Morgan fingerprint density at radius 2 is 2.25 bits per heavy atom. The van der Waals surface area contributed by atoms with Gasteiger partial charge in [0.05, 0.1) is 0 Å². The minimum atomic E-state index is -0.341. The van der Waals surface area contributed by atoms with Gasteiger partial charge in [0.2, 0.25) is 0 Å². The monoisotopic (exact) mass is 169 g/mol. The second kappa shape index (κ2) is 4.07. The largest absolute Gasteiger partial charge is 0.465 e. The Morgan fingerprint density at radius 1 is 1.50 bits per heavy atom. The van der Waals surface area contributed by atoms with E-state index in [1.165, 1.54) is 25.3 Å². The van der Waals surface area contributed by atoms with Crippen molar-refractivity contribution in [3.05, 3.63) is 30.1 Å². The zero-order valence-corrected chi connectivity index (χ0v) is 7.00. The lowest BCUT2D eigenvalue weighted by molar-refractivity contribution is -0.0384. The Balaban J connectivity index is 2.58. The molecule has 1 aromatic rings. The summed E-state index contributed by atoms with van der Waals surface area (Å²) >= 11 is 0. The van der Waals surface area contributed by atoms with Gasteiger partial charge in [-0.2, -0.15) is 0 Å². The highest BCUT2D eigenvalue weighted by molar-refractivity contribution is 5.20. The van der Waals surface area contributed by atoms with Gasteiger partial charge in [0, 0.05) is 13.2 Å². The van der Waals surface area contributed by atoms with Crippen molar-refractivity contribution in [1.82, 2.24) is 0 Å². The number of hydrogen-bond acceptors (Lipinski definition) is 2. The Bertz CT molecular complexity index is 233. The molecule has 0 N–H and O–H groups in total. The molecule has 65 valence electrons. The van der Waals surface area contributed by atoms with Crippen molar-refractivity contribution in [1.29, 1.82) is 0 Å². The number of hydrogen-bond donors (Lipinski definition) is 0. The van der Waals surface area contributed by atoms with Crippen LogP contribution in [0.25, 0.3) is 0 Å². The van der Waals surface area contributed by atoms with Gasteiger partial charge in [0.15, 0.2) is 6.29 Å². The van der Waals surface area contributed by atoms with E-state index >= 15 is 0 Å². The lowest BCUT2D eigenvalue weighted by Crippen LogP contribution is -2.13. The van der Waals surface area contributed by atoms with E-state index in [2.05, 4.69) is 6.07 Å². The van der Waals surface area contributed by atoms with Gasteiger partial charge in [-0.15, -0.1) is 0 Å². The summed E-state index contributed by atoms with van der Waals surface area (Å²) in [6.45, 7) is 1.75. The molecule has 1 radical (unpaired) electrons. The van der Waals surface area contributed by atoms with E-state index in [4.69, 9.17) is 9.47 Å². The summed E-state index contributed by atoms with van der Waals surface area (Å²) in [6.07, 6.45) is -0.341. The average molecular weight is 169 g/mol. The fourth-order valence-corrected chi connectivity index (χ4v) is 0.692. The smallest absolute Gasteiger partial charge is 0.196 e. The number of halogens is 1. The summed E-state index contributed by atoms with van der Waals surface area (Å²) in [6, 6.07) is 6.66. The highest BCUT2D eigenvalue weighted by atomic mass is 19.1. The predicted molar refractivity (Wildman–Crippen MR) is 42.3 cm³/mol. The van der Waals surface area contributed by atoms with Crippen LogP contribution in [0.1, 0.15) is 6.92 Å². The van der Waals surface area contributed by atoms with Gasteiger partial charge in [-0.3, -0.25) is 0 Å². The summed E-state index contributed by atoms with van der Waals surface area (Å²) in [7, 11) is 1.54. The Morgan fingerprint density at radius 3 is 2.75 bits per heavy atom. The second-order valence-electron chi connectivity index (χ2n) is 2.29. The molecule has 0 aliphatic heterocycles. The van der Waals surface area contributed by atoms with Gasteiger partial charge in [0.1, 0.15) is 11.6 Å². The first-order valence-corrected chi connectivity index (χ1v) is 3.59. The molecule has 0 aliphatic rings. The third kappa shape index (κ3) is 2.51. The lowest BCUT2D eigenvalue weighted by atomic mass is 10.3. The molecule has 3 heteroatoms. The number of benzene rings is 1. The number of ether oxygens (including phenoxy) is 2. The van der Waals surface area contributed by atoms with Crippen LogP contribution in [0.15, 0.2) is 18.2 Å². The lowest BCUT2D eigenvalue weighted by Gasteiger charge is -2.11. The Labute approximate surface area is 70.9 Å². The van der Waals surface area contributed by atoms with Crippen molar-refractivity contribution >= 4 is 0 Å². The van der Waals surface area contributed by atoms with Crippen molar-refractivity contribution in [2.75, 3.05) is 7.11 Å². The topological polar surface area (TPSA) is 18.5 Å². The van der Waals surface area contributed by atoms with Crippen LogP contribution in [-0.4, -0.2) is 13.4 Å². The summed E-state index contributed by atoms with van der Waals surface area (Å²) in [4.78, 5) is 0. The van der Waals surface area contributed by atoms with E-state index in [0.717, 1.165) is 0 Å². The molecule has 2 nitrogen and oxygen atoms in total. The SMILES string of the molecule is COC(C)Oc1[c]cc(F)cc1. The minimum Gasteiger partial charge on any atom is -0.465 e. The van der Waals surface area contributed by atoms with E-state index < -0.39 is 0 Å². The fourth-order valence-electron chi connectivity index (χ4n) is 0.692.